The third kappa shape index (κ3) is 2.01. The van der Waals surface area contributed by atoms with Gasteiger partial charge in [0.25, 0.3) is 5.91 Å². The molecule has 0 spiro atoms. The molecule has 1 amide bonds. The summed E-state index contributed by atoms with van der Waals surface area (Å²) in [7, 11) is 1.82. The summed E-state index contributed by atoms with van der Waals surface area (Å²) in [6.07, 6.45) is 6.65. The number of nitrogens with zero attached hydrogens (tertiary/aromatic N) is 2. The summed E-state index contributed by atoms with van der Waals surface area (Å²) in [5.41, 5.74) is 0.572. The first-order chi connectivity index (χ1) is 9.59. The Hall–Kier alpha value is -1.78. The van der Waals surface area contributed by atoms with Gasteiger partial charge < -0.3 is 14.6 Å². The zero-order valence-electron chi connectivity index (χ0n) is 11.7. The molecule has 0 aromatic carbocycles. The van der Waals surface area contributed by atoms with Gasteiger partial charge in [-0.25, -0.2) is 4.79 Å². The molecule has 1 aromatic heterocycles. The molecule has 5 heteroatoms. The number of rotatable bonds is 2. The first-order valence-electron chi connectivity index (χ1n) is 7.26. The predicted octanol–water partition coefficient (Wildman–Crippen LogP) is 1.88. The number of carboxylic acid groups (broad SMARTS) is 1. The van der Waals surface area contributed by atoms with Crippen molar-refractivity contribution < 1.29 is 14.7 Å². The van der Waals surface area contributed by atoms with Crippen LogP contribution in [0, 0.1) is 5.92 Å². The lowest BCUT2D eigenvalue weighted by atomic mass is 9.84. The number of carboxylic acids is 1. The molecular formula is C15H20N2O3. The average Bonchev–Trinajstić information content (AvgIpc) is 3.01. The lowest BCUT2D eigenvalue weighted by Crippen LogP contribution is -2.46. The number of hydrogen-bond acceptors (Lipinski definition) is 2. The van der Waals surface area contributed by atoms with Gasteiger partial charge in [0.15, 0.2) is 0 Å². The van der Waals surface area contributed by atoms with E-state index in [0.717, 1.165) is 25.7 Å². The minimum Gasteiger partial charge on any atom is -0.480 e. The van der Waals surface area contributed by atoms with E-state index in [1.807, 2.05) is 19.3 Å². The summed E-state index contributed by atoms with van der Waals surface area (Å²) in [4.78, 5) is 25.9. The second kappa shape index (κ2) is 4.96. The molecule has 0 radical (unpaired) electrons. The monoisotopic (exact) mass is 276 g/mol. The zero-order chi connectivity index (χ0) is 14.3. The van der Waals surface area contributed by atoms with Crippen LogP contribution in [0.2, 0.25) is 0 Å². The van der Waals surface area contributed by atoms with E-state index in [-0.39, 0.29) is 11.9 Å². The van der Waals surface area contributed by atoms with Crippen LogP contribution in [0.1, 0.15) is 42.6 Å². The number of likely N-dealkylation sites (tertiary alicyclic amines) is 1. The third-order valence-electron chi connectivity index (χ3n) is 4.77. The Labute approximate surface area is 118 Å². The number of aryl methyl sites for hydroxylation is 1. The molecule has 1 aliphatic heterocycles. The fraction of sp³-hybridized carbons (Fsp3) is 0.600. The molecule has 2 aliphatic rings. The van der Waals surface area contributed by atoms with Crippen molar-refractivity contribution in [3.63, 3.8) is 0 Å². The molecule has 5 nitrogen and oxygen atoms in total. The highest BCUT2D eigenvalue weighted by Gasteiger charge is 2.47. The minimum atomic E-state index is -0.873. The molecule has 0 bridgehead atoms. The lowest BCUT2D eigenvalue weighted by molar-refractivity contribution is -0.141. The van der Waals surface area contributed by atoms with E-state index in [0.29, 0.717) is 18.0 Å². The third-order valence-corrected chi connectivity index (χ3v) is 4.77. The molecule has 1 saturated carbocycles. The van der Waals surface area contributed by atoms with Crippen LogP contribution < -0.4 is 0 Å². The van der Waals surface area contributed by atoms with Gasteiger partial charge >= 0.3 is 5.97 Å². The number of amides is 1. The predicted molar refractivity (Wildman–Crippen MR) is 73.4 cm³/mol. The van der Waals surface area contributed by atoms with E-state index >= 15 is 0 Å². The highest BCUT2D eigenvalue weighted by atomic mass is 16.4. The average molecular weight is 276 g/mol. The topological polar surface area (TPSA) is 62.5 Å². The maximum Gasteiger partial charge on any atom is 0.326 e. The first-order valence-corrected chi connectivity index (χ1v) is 7.26. The van der Waals surface area contributed by atoms with Gasteiger partial charge in [-0.05, 0) is 37.3 Å². The van der Waals surface area contributed by atoms with Gasteiger partial charge in [0.1, 0.15) is 11.7 Å². The van der Waals surface area contributed by atoms with Crippen LogP contribution in [0.25, 0.3) is 0 Å². The fourth-order valence-corrected chi connectivity index (χ4v) is 3.79. The SMILES string of the molecule is Cn1cccc1C(=O)N1[C@H](C(=O)O)C[C@H]2CCCC[C@@H]21. The van der Waals surface area contributed by atoms with Crippen molar-refractivity contribution >= 4 is 11.9 Å². The van der Waals surface area contributed by atoms with Crippen molar-refractivity contribution in [1.82, 2.24) is 9.47 Å². The lowest BCUT2D eigenvalue weighted by Gasteiger charge is -2.33. The normalized spacial score (nSPS) is 29.2. The van der Waals surface area contributed by atoms with Gasteiger partial charge in [0.2, 0.25) is 0 Å². The Morgan fingerprint density at radius 2 is 2.05 bits per heavy atom. The molecule has 3 rings (SSSR count). The highest BCUT2D eigenvalue weighted by molar-refractivity contribution is 5.96. The Kier molecular flexibility index (Phi) is 3.28. The van der Waals surface area contributed by atoms with Gasteiger partial charge in [-0.1, -0.05) is 12.8 Å². The van der Waals surface area contributed by atoms with Crippen molar-refractivity contribution in [2.24, 2.45) is 13.0 Å². The minimum absolute atomic E-state index is 0.104. The van der Waals surface area contributed by atoms with Crippen LogP contribution >= 0.6 is 0 Å². The summed E-state index contributed by atoms with van der Waals surface area (Å²) < 4.78 is 1.76. The van der Waals surface area contributed by atoms with E-state index in [4.69, 9.17) is 0 Å². The molecule has 2 heterocycles. The van der Waals surface area contributed by atoms with Crippen LogP contribution in [0.3, 0.4) is 0 Å². The quantitative estimate of drug-likeness (QED) is 0.897. The second-order valence-electron chi connectivity index (χ2n) is 5.92. The molecule has 3 atom stereocenters. The van der Waals surface area contributed by atoms with Crippen molar-refractivity contribution in [1.29, 1.82) is 0 Å². The first kappa shape index (κ1) is 13.2. The van der Waals surface area contributed by atoms with Crippen LogP contribution in [0.15, 0.2) is 18.3 Å². The van der Waals surface area contributed by atoms with Crippen molar-refractivity contribution in [2.45, 2.75) is 44.2 Å². The summed E-state index contributed by atoms with van der Waals surface area (Å²) >= 11 is 0. The number of hydrogen-bond donors (Lipinski definition) is 1. The van der Waals surface area contributed by atoms with Crippen molar-refractivity contribution in [3.05, 3.63) is 24.0 Å². The molecule has 0 unspecified atom stereocenters. The number of fused-ring (bicyclic) bond motifs is 1. The summed E-state index contributed by atoms with van der Waals surface area (Å²) in [5.74, 6) is -0.657. The van der Waals surface area contributed by atoms with E-state index in [2.05, 4.69) is 0 Å². The molecule has 1 saturated heterocycles. The summed E-state index contributed by atoms with van der Waals surface area (Å²) in [5, 5.41) is 9.45. The zero-order valence-corrected chi connectivity index (χ0v) is 11.7. The van der Waals surface area contributed by atoms with Crippen LogP contribution in [-0.2, 0) is 11.8 Å². The van der Waals surface area contributed by atoms with Gasteiger partial charge in [-0.15, -0.1) is 0 Å². The van der Waals surface area contributed by atoms with Crippen LogP contribution in [0.5, 0.6) is 0 Å². The largest absolute Gasteiger partial charge is 0.480 e. The van der Waals surface area contributed by atoms with Crippen LogP contribution in [-0.4, -0.2) is 38.5 Å². The van der Waals surface area contributed by atoms with Crippen molar-refractivity contribution in [2.75, 3.05) is 0 Å². The van der Waals surface area contributed by atoms with E-state index in [1.165, 1.54) is 0 Å². The molecule has 1 N–H and O–H groups in total. The standard InChI is InChI=1S/C15H20N2O3/c1-16-8-4-7-12(16)14(18)17-11-6-3-2-5-10(11)9-13(17)15(19)20/h4,7-8,10-11,13H,2-3,5-6,9H2,1H3,(H,19,20)/t10-,11+,13+/m1/s1. The number of aromatic nitrogens is 1. The number of carbonyl (C=O) groups is 2. The molecular weight excluding hydrogens is 256 g/mol. The Morgan fingerprint density at radius 1 is 1.30 bits per heavy atom. The van der Waals surface area contributed by atoms with E-state index < -0.39 is 12.0 Å². The van der Waals surface area contributed by atoms with Gasteiger partial charge in [0, 0.05) is 19.3 Å². The summed E-state index contributed by atoms with van der Waals surface area (Å²) in [6, 6.07) is 3.02. The maximum atomic E-state index is 12.7. The van der Waals surface area contributed by atoms with Crippen molar-refractivity contribution in [3.8, 4) is 0 Å². The number of carbonyl (C=O) groups excluding carboxylic acids is 1. The van der Waals surface area contributed by atoms with Gasteiger partial charge in [-0.2, -0.15) is 0 Å². The molecule has 2 fully saturated rings. The Bertz CT molecular complexity index is 537. The Morgan fingerprint density at radius 3 is 2.70 bits per heavy atom. The molecule has 20 heavy (non-hydrogen) atoms. The maximum absolute atomic E-state index is 12.7. The van der Waals surface area contributed by atoms with Gasteiger partial charge in [-0.3, -0.25) is 4.79 Å². The molecule has 108 valence electrons. The molecule has 1 aliphatic carbocycles. The van der Waals surface area contributed by atoms with Crippen LogP contribution in [0.4, 0.5) is 0 Å². The van der Waals surface area contributed by atoms with Gasteiger partial charge in [0.05, 0.1) is 0 Å². The second-order valence-corrected chi connectivity index (χ2v) is 5.92. The van der Waals surface area contributed by atoms with E-state index in [1.54, 1.807) is 15.5 Å². The number of aliphatic carboxylic acids is 1. The Balaban J connectivity index is 1.93. The van der Waals surface area contributed by atoms with E-state index in [9.17, 15) is 14.7 Å². The fourth-order valence-electron chi connectivity index (χ4n) is 3.79. The summed E-state index contributed by atoms with van der Waals surface area (Å²) in [6.45, 7) is 0. The molecule has 1 aromatic rings. The smallest absolute Gasteiger partial charge is 0.326 e. The highest BCUT2D eigenvalue weighted by Crippen LogP contribution is 2.40.